The van der Waals surface area contributed by atoms with Crippen molar-refractivity contribution >= 4 is 0 Å². The molecule has 13 heavy (non-hydrogen) atoms. The van der Waals surface area contributed by atoms with E-state index in [1.54, 1.807) is 0 Å². The lowest BCUT2D eigenvalue weighted by molar-refractivity contribution is 0.220. The Kier molecular flexibility index (Phi) is 3.34. The van der Waals surface area contributed by atoms with E-state index >= 15 is 0 Å². The van der Waals surface area contributed by atoms with Crippen LogP contribution in [-0.4, -0.2) is 12.1 Å². The molecule has 0 aromatic rings. The second-order valence-corrected chi connectivity index (χ2v) is 3.79. The van der Waals surface area contributed by atoms with E-state index in [4.69, 9.17) is 11.7 Å². The average Bonchev–Trinajstić information content (AvgIpc) is 2.17. The molecule has 0 radical (unpaired) electrons. The second kappa shape index (κ2) is 4.30. The molecule has 0 aromatic heterocycles. The molecule has 2 atom stereocenters. The fourth-order valence-corrected chi connectivity index (χ4v) is 2.02. The molecular formula is C11H16N2. The van der Waals surface area contributed by atoms with Crippen LogP contribution >= 0.6 is 0 Å². The third-order valence-corrected chi connectivity index (χ3v) is 3.00. The van der Waals surface area contributed by atoms with Gasteiger partial charge in [-0.25, -0.2) is 0 Å². The van der Waals surface area contributed by atoms with Gasteiger partial charge < -0.3 is 0 Å². The quantitative estimate of drug-likeness (QED) is 0.650. The third kappa shape index (κ3) is 2.02. The third-order valence-electron chi connectivity index (χ3n) is 3.00. The summed E-state index contributed by atoms with van der Waals surface area (Å²) in [5, 5.41) is 12.3. The Bertz CT molecular complexity index is 246. The first-order valence-corrected chi connectivity index (χ1v) is 4.85. The summed E-state index contributed by atoms with van der Waals surface area (Å²) in [6, 6.07) is 2.40. The molecule has 1 aliphatic carbocycles. The topological polar surface area (TPSA) is 35.8 Å². The van der Waals surface area contributed by atoms with Crippen molar-refractivity contribution in [1.29, 1.82) is 5.26 Å². The number of terminal acetylenes is 1. The van der Waals surface area contributed by atoms with Crippen molar-refractivity contribution in [3.05, 3.63) is 0 Å². The molecule has 2 heteroatoms. The minimum atomic E-state index is -0.357. The summed E-state index contributed by atoms with van der Waals surface area (Å²) in [7, 11) is 0. The Morgan fingerprint density at radius 1 is 1.62 bits per heavy atom. The molecule has 1 saturated carbocycles. The van der Waals surface area contributed by atoms with Crippen molar-refractivity contribution in [3.8, 4) is 18.4 Å². The van der Waals surface area contributed by atoms with E-state index < -0.39 is 0 Å². The maximum atomic E-state index is 9.16. The minimum absolute atomic E-state index is 0.357. The first-order valence-electron chi connectivity index (χ1n) is 4.85. The predicted molar refractivity (Wildman–Crippen MR) is 52.8 cm³/mol. The van der Waals surface area contributed by atoms with Gasteiger partial charge >= 0.3 is 0 Å². The Morgan fingerprint density at radius 2 is 2.38 bits per heavy atom. The van der Waals surface area contributed by atoms with Gasteiger partial charge in [0.1, 0.15) is 5.54 Å². The summed E-state index contributed by atoms with van der Waals surface area (Å²) in [6.45, 7) is 2.63. The van der Waals surface area contributed by atoms with Crippen molar-refractivity contribution in [3.63, 3.8) is 0 Å². The Labute approximate surface area is 80.3 Å². The first-order chi connectivity index (χ1) is 6.25. The average molecular weight is 176 g/mol. The zero-order valence-corrected chi connectivity index (χ0v) is 8.14. The highest BCUT2D eigenvalue weighted by molar-refractivity contribution is 5.13. The van der Waals surface area contributed by atoms with Crippen LogP contribution in [0.3, 0.4) is 0 Å². The summed E-state index contributed by atoms with van der Waals surface area (Å²) in [5.74, 6) is 2.95. The summed E-state index contributed by atoms with van der Waals surface area (Å²) >= 11 is 0. The van der Waals surface area contributed by atoms with Gasteiger partial charge in [-0.05, 0) is 18.8 Å². The summed E-state index contributed by atoms with van der Waals surface area (Å²) in [5.41, 5.74) is -0.357. The van der Waals surface area contributed by atoms with E-state index in [1.807, 2.05) is 0 Å². The van der Waals surface area contributed by atoms with Crippen LogP contribution in [0.1, 0.15) is 32.6 Å². The first kappa shape index (κ1) is 10.1. The van der Waals surface area contributed by atoms with Crippen LogP contribution in [0, 0.1) is 29.6 Å². The highest BCUT2D eigenvalue weighted by Crippen LogP contribution is 2.32. The van der Waals surface area contributed by atoms with E-state index in [0.717, 1.165) is 19.3 Å². The lowest BCUT2D eigenvalue weighted by Crippen LogP contribution is -2.51. The summed E-state index contributed by atoms with van der Waals surface area (Å²) in [6.07, 6.45) is 9.62. The van der Waals surface area contributed by atoms with Crippen molar-refractivity contribution in [2.24, 2.45) is 5.92 Å². The van der Waals surface area contributed by atoms with Gasteiger partial charge in [-0.1, -0.05) is 25.7 Å². The molecular weight excluding hydrogens is 160 g/mol. The van der Waals surface area contributed by atoms with Gasteiger partial charge in [0.15, 0.2) is 0 Å². The molecule has 70 valence electrons. The smallest absolute Gasteiger partial charge is 0.110 e. The normalized spacial score (nSPS) is 33.3. The van der Waals surface area contributed by atoms with E-state index in [0.29, 0.717) is 12.5 Å². The molecule has 2 nitrogen and oxygen atoms in total. The highest BCUT2D eigenvalue weighted by atomic mass is 15.0. The number of hydrogen-bond acceptors (Lipinski definition) is 2. The van der Waals surface area contributed by atoms with Gasteiger partial charge in [0.25, 0.3) is 0 Å². The maximum Gasteiger partial charge on any atom is 0.110 e. The summed E-state index contributed by atoms with van der Waals surface area (Å²) < 4.78 is 0. The van der Waals surface area contributed by atoms with Crippen LogP contribution in [-0.2, 0) is 0 Å². The second-order valence-electron chi connectivity index (χ2n) is 3.79. The Morgan fingerprint density at radius 3 is 2.92 bits per heavy atom. The zero-order chi connectivity index (χ0) is 9.73. The molecule has 0 bridgehead atoms. The molecule has 1 aliphatic rings. The standard InChI is InChI=1S/C11H16N2/c1-3-8-13-11(9-12)7-5-4-6-10(11)2/h1,10,13H,4-8H2,2H3. The molecule has 0 heterocycles. The molecule has 0 aliphatic heterocycles. The number of nitrogens with one attached hydrogen (secondary N) is 1. The molecule has 1 N–H and O–H groups in total. The number of nitrogens with zero attached hydrogens (tertiary/aromatic N) is 1. The Hall–Kier alpha value is -0.990. The molecule has 0 aromatic carbocycles. The fraction of sp³-hybridized carbons (Fsp3) is 0.727. The van der Waals surface area contributed by atoms with Crippen LogP contribution in [0.15, 0.2) is 0 Å². The molecule has 1 rings (SSSR count). The van der Waals surface area contributed by atoms with Gasteiger partial charge in [0, 0.05) is 0 Å². The maximum absolute atomic E-state index is 9.16. The molecule has 2 unspecified atom stereocenters. The van der Waals surface area contributed by atoms with Crippen molar-refractivity contribution in [1.82, 2.24) is 5.32 Å². The van der Waals surface area contributed by atoms with Gasteiger partial charge in [-0.3, -0.25) is 5.32 Å². The largest absolute Gasteiger partial charge is 0.288 e. The van der Waals surface area contributed by atoms with Gasteiger partial charge in [-0.2, -0.15) is 5.26 Å². The van der Waals surface area contributed by atoms with E-state index in [1.165, 1.54) is 6.42 Å². The van der Waals surface area contributed by atoms with E-state index in [9.17, 15) is 0 Å². The van der Waals surface area contributed by atoms with Gasteiger partial charge in [0.2, 0.25) is 0 Å². The number of nitriles is 1. The van der Waals surface area contributed by atoms with Gasteiger partial charge in [-0.15, -0.1) is 6.42 Å². The van der Waals surface area contributed by atoms with E-state index in [2.05, 4.69) is 24.2 Å². The SMILES string of the molecule is C#CCNC1(C#N)CCCCC1C. The van der Waals surface area contributed by atoms with Crippen LogP contribution in [0.5, 0.6) is 0 Å². The predicted octanol–water partition coefficient (Wildman–Crippen LogP) is 1.68. The minimum Gasteiger partial charge on any atom is -0.288 e. The lowest BCUT2D eigenvalue weighted by atomic mass is 9.74. The molecule has 0 saturated heterocycles. The molecule has 0 amide bonds. The lowest BCUT2D eigenvalue weighted by Gasteiger charge is -2.37. The van der Waals surface area contributed by atoms with Crippen LogP contribution in [0.25, 0.3) is 0 Å². The van der Waals surface area contributed by atoms with E-state index in [-0.39, 0.29) is 5.54 Å². The van der Waals surface area contributed by atoms with Crippen molar-refractivity contribution < 1.29 is 0 Å². The number of rotatable bonds is 2. The van der Waals surface area contributed by atoms with Crippen LogP contribution in [0.2, 0.25) is 0 Å². The number of hydrogen-bond donors (Lipinski definition) is 1. The van der Waals surface area contributed by atoms with Gasteiger partial charge in [0.05, 0.1) is 12.6 Å². The summed E-state index contributed by atoms with van der Waals surface area (Å²) in [4.78, 5) is 0. The highest BCUT2D eigenvalue weighted by Gasteiger charge is 2.37. The molecule has 0 spiro atoms. The fourth-order valence-electron chi connectivity index (χ4n) is 2.02. The Balaban J connectivity index is 2.67. The van der Waals surface area contributed by atoms with Crippen LogP contribution < -0.4 is 5.32 Å². The zero-order valence-electron chi connectivity index (χ0n) is 8.14. The van der Waals surface area contributed by atoms with Crippen LogP contribution in [0.4, 0.5) is 0 Å². The van der Waals surface area contributed by atoms with Crippen molar-refractivity contribution in [2.45, 2.75) is 38.1 Å². The van der Waals surface area contributed by atoms with Crippen molar-refractivity contribution in [2.75, 3.05) is 6.54 Å². The monoisotopic (exact) mass is 176 g/mol. The molecule has 1 fully saturated rings.